The molecule has 0 aliphatic heterocycles. The van der Waals surface area contributed by atoms with Gasteiger partial charge in [-0.1, -0.05) is 36.9 Å². The molecule has 2 aromatic rings. The molecule has 0 aliphatic carbocycles. The number of amides is 1. The minimum absolute atomic E-state index is 0.0225. The van der Waals surface area contributed by atoms with Crippen LogP contribution in [-0.4, -0.2) is 27.5 Å². The molecule has 1 amide bonds. The Morgan fingerprint density at radius 2 is 2.04 bits per heavy atom. The Balaban J connectivity index is 2.00. The molecule has 0 aliphatic rings. The average molecular weight is 372 g/mol. The largest absolute Gasteiger partial charge is 0.353 e. The minimum atomic E-state index is -0.305. The fraction of sp³-hybridized carbons (Fsp3) is 0.400. The Labute approximate surface area is 148 Å². The van der Waals surface area contributed by atoms with E-state index < -0.39 is 0 Å². The predicted octanol–water partition coefficient (Wildman–Crippen LogP) is 4.06. The lowest BCUT2D eigenvalue weighted by Gasteiger charge is -2.16. The summed E-state index contributed by atoms with van der Waals surface area (Å²) in [6.07, 6.45) is 0. The van der Waals surface area contributed by atoms with Crippen LogP contribution in [0.15, 0.2) is 28.6 Å². The molecule has 1 atom stereocenters. The Kier molecular flexibility index (Phi) is 6.32. The van der Waals surface area contributed by atoms with E-state index in [1.807, 2.05) is 6.92 Å². The normalized spacial score (nSPS) is 12.4. The van der Waals surface area contributed by atoms with Gasteiger partial charge in [0.1, 0.15) is 5.82 Å². The highest BCUT2D eigenvalue weighted by molar-refractivity contribution is 8.01. The summed E-state index contributed by atoms with van der Waals surface area (Å²) in [7, 11) is 0. The van der Waals surface area contributed by atoms with Crippen molar-refractivity contribution in [3.63, 3.8) is 0 Å². The van der Waals surface area contributed by atoms with Gasteiger partial charge in [-0.2, -0.15) is 0 Å². The summed E-state index contributed by atoms with van der Waals surface area (Å²) in [6, 6.07) is 6.11. The summed E-state index contributed by atoms with van der Waals surface area (Å²) in [5.41, 5.74) is 0.706. The van der Waals surface area contributed by atoms with Crippen molar-refractivity contribution in [2.24, 2.45) is 5.92 Å². The molecule has 0 unspecified atom stereocenters. The van der Waals surface area contributed by atoms with Crippen molar-refractivity contribution in [3.05, 3.63) is 34.0 Å². The van der Waals surface area contributed by atoms with Gasteiger partial charge in [0, 0.05) is 6.04 Å². The van der Waals surface area contributed by atoms with Crippen molar-refractivity contribution in [1.82, 2.24) is 15.1 Å². The molecule has 0 saturated carbocycles. The van der Waals surface area contributed by atoms with Gasteiger partial charge in [0.2, 0.25) is 5.91 Å². The summed E-state index contributed by atoms with van der Waals surface area (Å²) in [5, 5.41) is 7.34. The molecular weight excluding hydrogens is 353 g/mol. The maximum absolute atomic E-state index is 13.0. The van der Waals surface area contributed by atoms with E-state index in [1.165, 1.54) is 35.2 Å². The lowest BCUT2D eigenvalue weighted by atomic mass is 10.1. The quantitative estimate of drug-likeness (QED) is 0.615. The lowest BCUT2D eigenvalue weighted by Crippen LogP contribution is -2.37. The van der Waals surface area contributed by atoms with Gasteiger partial charge in [0.15, 0.2) is 8.29 Å². The second-order valence-corrected chi connectivity index (χ2v) is 8.26. The molecule has 1 aromatic carbocycles. The van der Waals surface area contributed by atoms with E-state index in [-0.39, 0.29) is 17.8 Å². The van der Waals surface area contributed by atoms with E-state index in [9.17, 15) is 9.18 Å². The average Bonchev–Trinajstić information content (AvgIpc) is 2.87. The highest BCUT2D eigenvalue weighted by Crippen LogP contribution is 2.24. The van der Waals surface area contributed by atoms with Crippen molar-refractivity contribution < 1.29 is 9.18 Å². The number of carbonyl (C=O) groups excluding carboxylic acids is 1. The summed E-state index contributed by atoms with van der Waals surface area (Å²) in [4.78, 5) is 11.9. The smallest absolute Gasteiger partial charge is 0.230 e. The Bertz CT molecular complexity index is 724. The molecule has 0 spiro atoms. The van der Waals surface area contributed by atoms with Gasteiger partial charge in [-0.3, -0.25) is 4.79 Å². The predicted molar refractivity (Wildman–Crippen MR) is 95.4 cm³/mol. The molecule has 1 heterocycles. The minimum Gasteiger partial charge on any atom is -0.353 e. The molecule has 1 aromatic heterocycles. The molecule has 8 heteroatoms. The van der Waals surface area contributed by atoms with E-state index >= 15 is 0 Å². The number of benzene rings is 1. The maximum Gasteiger partial charge on any atom is 0.230 e. The van der Waals surface area contributed by atoms with Crippen LogP contribution in [-0.2, 0) is 4.79 Å². The molecule has 0 radical (unpaired) electrons. The molecule has 0 fully saturated rings. The zero-order valence-electron chi connectivity index (χ0n) is 13.1. The SMILES string of the molecule is CC(C)[C@H](C)NC(=O)CSc1nn(-c2ccc(F)cc2)c(=S)s1. The third kappa shape index (κ3) is 5.12. The topological polar surface area (TPSA) is 46.9 Å². The van der Waals surface area contributed by atoms with E-state index in [1.54, 1.807) is 16.8 Å². The zero-order valence-corrected chi connectivity index (χ0v) is 15.5. The lowest BCUT2D eigenvalue weighted by molar-refractivity contribution is -0.119. The second-order valence-electron chi connectivity index (χ2n) is 5.41. The van der Waals surface area contributed by atoms with Gasteiger partial charge in [0.25, 0.3) is 0 Å². The van der Waals surface area contributed by atoms with Gasteiger partial charge in [0.05, 0.1) is 11.4 Å². The van der Waals surface area contributed by atoms with Crippen LogP contribution >= 0.6 is 35.3 Å². The summed E-state index contributed by atoms with van der Waals surface area (Å²) >= 11 is 7.97. The first-order valence-electron chi connectivity index (χ1n) is 7.15. The highest BCUT2D eigenvalue weighted by Gasteiger charge is 2.13. The summed E-state index contributed by atoms with van der Waals surface area (Å²) < 4.78 is 15.8. The molecule has 2 rings (SSSR count). The van der Waals surface area contributed by atoms with Gasteiger partial charge in [-0.25, -0.2) is 9.07 Å². The van der Waals surface area contributed by atoms with Crippen LogP contribution in [0.4, 0.5) is 4.39 Å². The Morgan fingerprint density at radius 3 is 2.65 bits per heavy atom. The molecule has 4 nitrogen and oxygen atoms in total. The van der Waals surface area contributed by atoms with Crippen LogP contribution in [0.2, 0.25) is 0 Å². The number of hydrogen-bond donors (Lipinski definition) is 1. The van der Waals surface area contributed by atoms with E-state index in [2.05, 4.69) is 24.3 Å². The fourth-order valence-corrected chi connectivity index (χ4v) is 3.83. The fourth-order valence-electron chi connectivity index (χ4n) is 1.65. The third-order valence-corrected chi connectivity index (χ3v) is 5.68. The number of nitrogens with zero attached hydrogens (tertiary/aromatic N) is 2. The van der Waals surface area contributed by atoms with Gasteiger partial charge in [-0.15, -0.1) is 5.10 Å². The van der Waals surface area contributed by atoms with E-state index in [0.29, 0.717) is 25.7 Å². The van der Waals surface area contributed by atoms with Crippen LogP contribution in [0.3, 0.4) is 0 Å². The second kappa shape index (κ2) is 8.03. The number of rotatable bonds is 6. The number of halogens is 1. The molecule has 0 saturated heterocycles. The first-order valence-corrected chi connectivity index (χ1v) is 9.36. The highest BCUT2D eigenvalue weighted by atomic mass is 32.2. The molecular formula is C15H18FN3OS3. The zero-order chi connectivity index (χ0) is 17.0. The third-order valence-electron chi connectivity index (χ3n) is 3.32. The monoisotopic (exact) mass is 371 g/mol. The number of carbonyl (C=O) groups is 1. The van der Waals surface area contributed by atoms with Crippen molar-refractivity contribution in [1.29, 1.82) is 0 Å². The van der Waals surface area contributed by atoms with Gasteiger partial charge >= 0.3 is 0 Å². The first kappa shape index (κ1) is 18.1. The molecule has 124 valence electrons. The molecule has 0 bridgehead atoms. The van der Waals surface area contributed by atoms with E-state index in [0.717, 1.165) is 0 Å². The first-order chi connectivity index (χ1) is 10.9. The number of aromatic nitrogens is 2. The summed E-state index contributed by atoms with van der Waals surface area (Å²) in [6.45, 7) is 6.11. The Morgan fingerprint density at radius 1 is 1.39 bits per heavy atom. The summed E-state index contributed by atoms with van der Waals surface area (Å²) in [5.74, 6) is 0.360. The number of nitrogens with one attached hydrogen (secondary N) is 1. The maximum atomic E-state index is 13.0. The van der Waals surface area contributed by atoms with E-state index in [4.69, 9.17) is 12.2 Å². The van der Waals surface area contributed by atoms with Crippen molar-refractivity contribution in [2.45, 2.75) is 31.2 Å². The van der Waals surface area contributed by atoms with Crippen molar-refractivity contribution >= 4 is 41.2 Å². The number of hydrogen-bond acceptors (Lipinski definition) is 5. The van der Waals surface area contributed by atoms with Crippen molar-refractivity contribution in [3.8, 4) is 5.69 Å². The van der Waals surface area contributed by atoms with Crippen LogP contribution in [0.5, 0.6) is 0 Å². The van der Waals surface area contributed by atoms with Crippen LogP contribution in [0.1, 0.15) is 20.8 Å². The van der Waals surface area contributed by atoms with Gasteiger partial charge < -0.3 is 5.32 Å². The van der Waals surface area contributed by atoms with Crippen molar-refractivity contribution in [2.75, 3.05) is 5.75 Å². The molecule has 1 N–H and O–H groups in total. The standard InChI is InChI=1S/C15H18FN3OS3/c1-9(2)10(3)17-13(20)8-22-14-18-19(15(21)23-14)12-6-4-11(16)5-7-12/h4-7,9-10H,8H2,1-3H3,(H,17,20)/t10-/m0/s1. The van der Waals surface area contributed by atoms with Crippen LogP contribution in [0, 0.1) is 15.7 Å². The van der Waals surface area contributed by atoms with Crippen LogP contribution in [0.25, 0.3) is 5.69 Å². The molecule has 23 heavy (non-hydrogen) atoms. The Hall–Kier alpha value is -1.25. The van der Waals surface area contributed by atoms with Crippen LogP contribution < -0.4 is 5.32 Å². The number of thioether (sulfide) groups is 1. The van der Waals surface area contributed by atoms with Gasteiger partial charge in [-0.05, 0) is 49.3 Å².